The molecule has 0 radical (unpaired) electrons. The molecule has 11 heteroatoms. The summed E-state index contributed by atoms with van der Waals surface area (Å²) in [5.41, 5.74) is -0.283. The van der Waals surface area contributed by atoms with E-state index < -0.39 is 23.8 Å². The van der Waals surface area contributed by atoms with E-state index in [2.05, 4.69) is 15.1 Å². The van der Waals surface area contributed by atoms with Gasteiger partial charge in [0.1, 0.15) is 0 Å². The maximum absolute atomic E-state index is 13.2. The van der Waals surface area contributed by atoms with Crippen LogP contribution in [0.2, 0.25) is 0 Å². The number of nitrogens with zero attached hydrogens (tertiary/aromatic N) is 4. The first-order valence-electron chi connectivity index (χ1n) is 7.80. The summed E-state index contributed by atoms with van der Waals surface area (Å²) in [6.07, 6.45) is -6.37. The normalized spacial score (nSPS) is 12.4. The van der Waals surface area contributed by atoms with E-state index >= 15 is 0 Å². The fourth-order valence-electron chi connectivity index (χ4n) is 2.35. The average molecular weight is 418 g/mol. The highest BCUT2D eigenvalue weighted by molar-refractivity contribution is 7.99. The predicted molar refractivity (Wildman–Crippen MR) is 91.1 cm³/mol. The van der Waals surface area contributed by atoms with Crippen LogP contribution in [-0.4, -0.2) is 31.7 Å². The van der Waals surface area contributed by atoms with E-state index in [9.17, 15) is 26.3 Å². The number of aryl methyl sites for hydroxylation is 1. The van der Waals surface area contributed by atoms with Gasteiger partial charge in [0.15, 0.2) is 5.69 Å². The number of alkyl halides is 6. The van der Waals surface area contributed by atoms with Gasteiger partial charge in [0.05, 0.1) is 11.4 Å². The molecule has 0 fully saturated rings. The standard InChI is InChI=1S/C17H12F6N4S/c1-10-3-4-11(7-13(10)28-9-16(18,19)20)12-8-14(17(21,22)23)26-27(12)15-24-5-2-6-25-15/h2-8H,9H2,1H3. The summed E-state index contributed by atoms with van der Waals surface area (Å²) >= 11 is 0.569. The lowest BCUT2D eigenvalue weighted by molar-refractivity contribution is -0.141. The molecule has 2 heterocycles. The Hall–Kier alpha value is -2.56. The zero-order valence-corrected chi connectivity index (χ0v) is 15.0. The third-order valence-electron chi connectivity index (χ3n) is 3.62. The third-order valence-corrected chi connectivity index (χ3v) is 4.84. The van der Waals surface area contributed by atoms with E-state index in [1.54, 1.807) is 13.0 Å². The lowest BCUT2D eigenvalue weighted by Crippen LogP contribution is -2.10. The van der Waals surface area contributed by atoms with Crippen LogP contribution < -0.4 is 0 Å². The van der Waals surface area contributed by atoms with Gasteiger partial charge in [-0.15, -0.1) is 11.8 Å². The van der Waals surface area contributed by atoms with Crippen molar-refractivity contribution in [2.45, 2.75) is 24.2 Å². The molecule has 4 nitrogen and oxygen atoms in total. The Morgan fingerprint density at radius 1 is 1.00 bits per heavy atom. The van der Waals surface area contributed by atoms with Crippen molar-refractivity contribution in [2.75, 3.05) is 5.75 Å². The van der Waals surface area contributed by atoms with Gasteiger partial charge < -0.3 is 0 Å². The molecule has 0 unspecified atom stereocenters. The topological polar surface area (TPSA) is 43.6 Å². The SMILES string of the molecule is Cc1ccc(-c2cc(C(F)(F)F)nn2-c2ncccn2)cc1SCC(F)(F)F. The Bertz CT molecular complexity index is 966. The molecule has 0 saturated heterocycles. The first-order valence-corrected chi connectivity index (χ1v) is 8.78. The molecule has 3 rings (SSSR count). The zero-order valence-electron chi connectivity index (χ0n) is 14.2. The van der Waals surface area contributed by atoms with Gasteiger partial charge in [-0.1, -0.05) is 12.1 Å². The molecule has 2 aromatic heterocycles. The van der Waals surface area contributed by atoms with Crippen LogP contribution in [0.15, 0.2) is 47.6 Å². The van der Waals surface area contributed by atoms with Crippen molar-refractivity contribution in [3.63, 3.8) is 0 Å². The van der Waals surface area contributed by atoms with Crippen LogP contribution in [0.25, 0.3) is 17.2 Å². The molecule has 28 heavy (non-hydrogen) atoms. The number of aromatic nitrogens is 4. The van der Waals surface area contributed by atoms with Crippen molar-refractivity contribution in [3.8, 4) is 17.2 Å². The second-order valence-electron chi connectivity index (χ2n) is 5.76. The van der Waals surface area contributed by atoms with Crippen LogP contribution in [0, 0.1) is 6.92 Å². The van der Waals surface area contributed by atoms with E-state index in [1.165, 1.54) is 30.6 Å². The highest BCUT2D eigenvalue weighted by Crippen LogP contribution is 2.36. The molecular formula is C17H12F6N4S. The Morgan fingerprint density at radius 2 is 1.68 bits per heavy atom. The smallest absolute Gasteiger partial charge is 0.220 e. The van der Waals surface area contributed by atoms with Gasteiger partial charge in [-0.25, -0.2) is 9.97 Å². The van der Waals surface area contributed by atoms with Gasteiger partial charge in [-0.3, -0.25) is 0 Å². The molecule has 0 N–H and O–H groups in total. The number of hydrogen-bond acceptors (Lipinski definition) is 4. The minimum absolute atomic E-state index is 0.0207. The number of hydrogen-bond donors (Lipinski definition) is 0. The summed E-state index contributed by atoms with van der Waals surface area (Å²) in [6.45, 7) is 1.63. The van der Waals surface area contributed by atoms with Gasteiger partial charge in [0, 0.05) is 22.9 Å². The number of halogens is 6. The van der Waals surface area contributed by atoms with Crippen molar-refractivity contribution in [2.24, 2.45) is 0 Å². The molecule has 0 bridgehead atoms. The molecule has 0 aliphatic rings. The van der Waals surface area contributed by atoms with Crippen LogP contribution in [0.5, 0.6) is 0 Å². The number of benzene rings is 1. The van der Waals surface area contributed by atoms with E-state index in [1.807, 2.05) is 0 Å². The van der Waals surface area contributed by atoms with E-state index in [0.29, 0.717) is 22.2 Å². The summed E-state index contributed by atoms with van der Waals surface area (Å²) in [6, 6.07) is 6.78. The molecule has 0 atom stereocenters. The second kappa shape index (κ2) is 7.46. The largest absolute Gasteiger partial charge is 0.435 e. The highest BCUT2D eigenvalue weighted by atomic mass is 32.2. The summed E-state index contributed by atoms with van der Waals surface area (Å²) in [7, 11) is 0. The fraction of sp³-hybridized carbons (Fsp3) is 0.235. The molecule has 0 amide bonds. The van der Waals surface area contributed by atoms with E-state index in [4.69, 9.17) is 0 Å². The molecule has 0 spiro atoms. The molecule has 0 aliphatic heterocycles. The van der Waals surface area contributed by atoms with Crippen molar-refractivity contribution in [1.82, 2.24) is 19.7 Å². The molecule has 3 aromatic rings. The van der Waals surface area contributed by atoms with Gasteiger partial charge in [-0.2, -0.15) is 36.1 Å². The van der Waals surface area contributed by atoms with E-state index in [0.717, 1.165) is 10.7 Å². The average Bonchev–Trinajstić information content (AvgIpc) is 3.07. The summed E-state index contributed by atoms with van der Waals surface area (Å²) in [5, 5.41) is 3.55. The number of rotatable bonds is 4. The monoisotopic (exact) mass is 418 g/mol. The molecule has 148 valence electrons. The van der Waals surface area contributed by atoms with Gasteiger partial charge >= 0.3 is 12.4 Å². The lowest BCUT2D eigenvalue weighted by atomic mass is 10.1. The lowest BCUT2D eigenvalue weighted by Gasteiger charge is -2.11. The van der Waals surface area contributed by atoms with Crippen molar-refractivity contribution in [3.05, 3.63) is 54.0 Å². The zero-order chi connectivity index (χ0) is 20.5. The first kappa shape index (κ1) is 20.2. The third kappa shape index (κ3) is 4.64. The summed E-state index contributed by atoms with van der Waals surface area (Å²) in [4.78, 5) is 8.12. The first-order chi connectivity index (χ1) is 13.0. The fourth-order valence-corrected chi connectivity index (χ4v) is 3.18. The van der Waals surface area contributed by atoms with Crippen LogP contribution >= 0.6 is 11.8 Å². The molecule has 0 aliphatic carbocycles. The van der Waals surface area contributed by atoms with Crippen LogP contribution in [-0.2, 0) is 6.18 Å². The molecule has 0 saturated carbocycles. The minimum atomic E-state index is -4.70. The predicted octanol–water partition coefficient (Wildman–Crippen LogP) is 5.31. The Kier molecular flexibility index (Phi) is 5.37. The summed E-state index contributed by atoms with van der Waals surface area (Å²) < 4.78 is 78.0. The molecule has 1 aromatic carbocycles. The Labute approximate surface area is 159 Å². The van der Waals surface area contributed by atoms with Crippen molar-refractivity contribution < 1.29 is 26.3 Å². The molecular weight excluding hydrogens is 406 g/mol. The maximum Gasteiger partial charge on any atom is 0.435 e. The van der Waals surface area contributed by atoms with Crippen LogP contribution in [0.3, 0.4) is 0 Å². The maximum atomic E-state index is 13.2. The van der Waals surface area contributed by atoms with Gasteiger partial charge in [-0.05, 0) is 30.7 Å². The Balaban J connectivity index is 2.09. The van der Waals surface area contributed by atoms with Gasteiger partial charge in [0.25, 0.3) is 5.95 Å². The van der Waals surface area contributed by atoms with Crippen LogP contribution in [0.1, 0.15) is 11.3 Å². The van der Waals surface area contributed by atoms with E-state index in [-0.39, 0.29) is 17.2 Å². The summed E-state index contributed by atoms with van der Waals surface area (Å²) in [5.74, 6) is -1.19. The van der Waals surface area contributed by atoms with Crippen molar-refractivity contribution >= 4 is 11.8 Å². The number of thioether (sulfide) groups is 1. The minimum Gasteiger partial charge on any atom is -0.220 e. The van der Waals surface area contributed by atoms with Crippen LogP contribution in [0.4, 0.5) is 26.3 Å². The quantitative estimate of drug-likeness (QED) is 0.425. The Morgan fingerprint density at radius 3 is 2.29 bits per heavy atom. The van der Waals surface area contributed by atoms with Crippen molar-refractivity contribution in [1.29, 1.82) is 0 Å². The van der Waals surface area contributed by atoms with Gasteiger partial charge in [0.2, 0.25) is 0 Å². The highest BCUT2D eigenvalue weighted by Gasteiger charge is 2.35. The second-order valence-corrected chi connectivity index (χ2v) is 6.77.